The molecule has 2 aromatic carbocycles. The third-order valence-electron chi connectivity index (χ3n) is 4.04. The summed E-state index contributed by atoms with van der Waals surface area (Å²) in [6, 6.07) is 17.2. The van der Waals surface area contributed by atoms with Gasteiger partial charge in [-0.25, -0.2) is 4.68 Å². The van der Waals surface area contributed by atoms with Gasteiger partial charge in [0.05, 0.1) is 18.5 Å². The maximum Gasteiger partial charge on any atom is 0.180 e. The van der Waals surface area contributed by atoms with E-state index in [1.165, 1.54) is 6.92 Å². The molecule has 5 heteroatoms. The van der Waals surface area contributed by atoms with E-state index in [0.29, 0.717) is 12.1 Å². The molecule has 0 unspecified atom stereocenters. The lowest BCUT2D eigenvalue weighted by Gasteiger charge is -2.09. The minimum atomic E-state index is -0.0783. The van der Waals surface area contributed by atoms with Crippen LogP contribution in [0.2, 0.25) is 0 Å². The molecule has 1 heterocycles. The Morgan fingerprint density at radius 2 is 1.80 bits per heavy atom. The maximum atomic E-state index is 11.8. The SMILES string of the molecule is COc1ccc(-n2nc(C(C)=O)cc2-c2ccc(CCO)cc2)cc1. The Hall–Kier alpha value is -2.92. The zero-order valence-corrected chi connectivity index (χ0v) is 14.3. The molecule has 5 nitrogen and oxygen atoms in total. The summed E-state index contributed by atoms with van der Waals surface area (Å²) in [6.07, 6.45) is 0.622. The quantitative estimate of drug-likeness (QED) is 0.702. The summed E-state index contributed by atoms with van der Waals surface area (Å²) in [5.41, 5.74) is 4.13. The molecule has 1 N–H and O–H groups in total. The fourth-order valence-electron chi connectivity index (χ4n) is 2.65. The molecule has 0 aliphatic rings. The molecular formula is C20H20N2O3. The number of hydrogen-bond acceptors (Lipinski definition) is 4. The van der Waals surface area contributed by atoms with Crippen LogP contribution < -0.4 is 4.74 Å². The first-order chi connectivity index (χ1) is 12.1. The summed E-state index contributed by atoms with van der Waals surface area (Å²) in [5, 5.41) is 13.5. The minimum Gasteiger partial charge on any atom is -0.497 e. The van der Waals surface area contributed by atoms with Crippen LogP contribution in [0.1, 0.15) is 23.0 Å². The van der Waals surface area contributed by atoms with Gasteiger partial charge < -0.3 is 9.84 Å². The number of ketones is 1. The van der Waals surface area contributed by atoms with Crippen molar-refractivity contribution in [2.45, 2.75) is 13.3 Å². The second-order valence-electron chi connectivity index (χ2n) is 5.75. The molecule has 3 rings (SSSR count). The fraction of sp³-hybridized carbons (Fsp3) is 0.200. The van der Waals surface area contributed by atoms with Gasteiger partial charge in [0.25, 0.3) is 0 Å². The number of carbonyl (C=O) groups excluding carboxylic acids is 1. The topological polar surface area (TPSA) is 64.4 Å². The van der Waals surface area contributed by atoms with Crippen LogP contribution in [-0.2, 0) is 6.42 Å². The van der Waals surface area contributed by atoms with Crippen LogP contribution in [0.3, 0.4) is 0 Å². The van der Waals surface area contributed by atoms with Crippen molar-refractivity contribution >= 4 is 5.78 Å². The lowest BCUT2D eigenvalue weighted by Crippen LogP contribution is -2.01. The molecule has 1 aromatic heterocycles. The van der Waals surface area contributed by atoms with Gasteiger partial charge in [-0.3, -0.25) is 4.79 Å². The van der Waals surface area contributed by atoms with Gasteiger partial charge in [0, 0.05) is 19.1 Å². The van der Waals surface area contributed by atoms with E-state index in [-0.39, 0.29) is 12.4 Å². The molecule has 0 aliphatic heterocycles. The summed E-state index contributed by atoms with van der Waals surface area (Å²) < 4.78 is 6.96. The third kappa shape index (κ3) is 3.61. The maximum absolute atomic E-state index is 11.8. The molecule has 0 radical (unpaired) electrons. The Balaban J connectivity index is 2.06. The summed E-state index contributed by atoms with van der Waals surface area (Å²) in [5.74, 6) is 0.683. The molecule has 0 spiro atoms. The highest BCUT2D eigenvalue weighted by atomic mass is 16.5. The van der Waals surface area contributed by atoms with Gasteiger partial charge in [-0.2, -0.15) is 5.10 Å². The molecule has 0 saturated heterocycles. The van der Waals surface area contributed by atoms with Crippen LogP contribution in [0.4, 0.5) is 0 Å². The Morgan fingerprint density at radius 1 is 1.12 bits per heavy atom. The first kappa shape index (κ1) is 16.9. The van der Waals surface area contributed by atoms with Gasteiger partial charge in [0.15, 0.2) is 5.78 Å². The molecule has 0 bridgehead atoms. The van der Waals surface area contributed by atoms with Crippen molar-refractivity contribution in [2.75, 3.05) is 13.7 Å². The normalized spacial score (nSPS) is 10.7. The predicted molar refractivity (Wildman–Crippen MR) is 96.3 cm³/mol. The van der Waals surface area contributed by atoms with Crippen molar-refractivity contribution in [3.8, 4) is 22.7 Å². The van der Waals surface area contributed by atoms with E-state index in [0.717, 1.165) is 28.3 Å². The van der Waals surface area contributed by atoms with Crippen LogP contribution in [0, 0.1) is 0 Å². The van der Waals surface area contributed by atoms with Gasteiger partial charge in [0.2, 0.25) is 0 Å². The Bertz CT molecular complexity index is 865. The van der Waals surface area contributed by atoms with Crippen molar-refractivity contribution in [1.82, 2.24) is 9.78 Å². The lowest BCUT2D eigenvalue weighted by atomic mass is 10.1. The molecule has 0 aliphatic carbocycles. The van der Waals surface area contributed by atoms with Crippen LogP contribution in [0.25, 0.3) is 16.9 Å². The van der Waals surface area contributed by atoms with Crippen LogP contribution >= 0.6 is 0 Å². The zero-order chi connectivity index (χ0) is 17.8. The first-order valence-corrected chi connectivity index (χ1v) is 8.08. The number of Topliss-reactive ketones (excluding diaryl/α,β-unsaturated/α-hetero) is 1. The zero-order valence-electron chi connectivity index (χ0n) is 14.3. The molecule has 3 aromatic rings. The number of benzene rings is 2. The van der Waals surface area contributed by atoms with Gasteiger partial charge in [-0.15, -0.1) is 0 Å². The number of carbonyl (C=O) groups is 1. The molecular weight excluding hydrogens is 316 g/mol. The van der Waals surface area contributed by atoms with Gasteiger partial charge in [-0.05, 0) is 42.3 Å². The predicted octanol–water partition coefficient (Wildman–Crippen LogP) is 3.29. The summed E-state index contributed by atoms with van der Waals surface area (Å²) >= 11 is 0. The van der Waals surface area contributed by atoms with Gasteiger partial charge >= 0.3 is 0 Å². The highest BCUT2D eigenvalue weighted by Crippen LogP contribution is 2.26. The van der Waals surface area contributed by atoms with Gasteiger partial charge in [0.1, 0.15) is 11.4 Å². The Morgan fingerprint density at radius 3 is 2.36 bits per heavy atom. The summed E-state index contributed by atoms with van der Waals surface area (Å²) in [6.45, 7) is 1.63. The number of aliphatic hydroxyl groups excluding tert-OH is 1. The van der Waals surface area contributed by atoms with Crippen molar-refractivity contribution in [3.05, 3.63) is 65.9 Å². The molecule has 0 atom stereocenters. The lowest BCUT2D eigenvalue weighted by molar-refractivity contribution is 0.101. The van der Waals surface area contributed by atoms with Crippen molar-refractivity contribution in [2.24, 2.45) is 0 Å². The third-order valence-corrected chi connectivity index (χ3v) is 4.04. The number of nitrogens with zero attached hydrogens (tertiary/aromatic N) is 2. The molecule has 0 saturated carbocycles. The number of rotatable bonds is 6. The Kier molecular flexibility index (Phi) is 4.95. The number of aliphatic hydroxyl groups is 1. The Labute approximate surface area is 146 Å². The average Bonchev–Trinajstić information content (AvgIpc) is 3.08. The van der Waals surface area contributed by atoms with Crippen LogP contribution in [0.15, 0.2) is 54.6 Å². The second kappa shape index (κ2) is 7.32. The average molecular weight is 336 g/mol. The largest absolute Gasteiger partial charge is 0.497 e. The smallest absolute Gasteiger partial charge is 0.180 e. The van der Waals surface area contributed by atoms with E-state index in [4.69, 9.17) is 9.84 Å². The van der Waals surface area contributed by atoms with Crippen molar-refractivity contribution in [3.63, 3.8) is 0 Å². The van der Waals surface area contributed by atoms with Crippen molar-refractivity contribution in [1.29, 1.82) is 0 Å². The number of hydrogen-bond donors (Lipinski definition) is 1. The highest BCUT2D eigenvalue weighted by Gasteiger charge is 2.14. The van der Waals surface area contributed by atoms with E-state index in [9.17, 15) is 4.79 Å². The standard InChI is InChI=1S/C20H20N2O3/c1-14(24)19-13-20(16-5-3-15(4-6-16)11-12-23)22(21-19)17-7-9-18(25-2)10-8-17/h3-10,13,23H,11-12H2,1-2H3. The van der Waals surface area contributed by atoms with Crippen LogP contribution in [0.5, 0.6) is 5.75 Å². The summed E-state index contributed by atoms with van der Waals surface area (Å²) in [4.78, 5) is 11.8. The number of aromatic nitrogens is 2. The first-order valence-electron chi connectivity index (χ1n) is 8.08. The highest BCUT2D eigenvalue weighted by molar-refractivity contribution is 5.93. The molecule has 0 amide bonds. The van der Waals surface area contributed by atoms with E-state index in [1.54, 1.807) is 17.9 Å². The van der Waals surface area contributed by atoms with E-state index in [2.05, 4.69) is 5.10 Å². The number of methoxy groups -OCH3 is 1. The van der Waals surface area contributed by atoms with Gasteiger partial charge in [-0.1, -0.05) is 24.3 Å². The number of ether oxygens (including phenoxy) is 1. The summed E-state index contributed by atoms with van der Waals surface area (Å²) in [7, 11) is 1.62. The van der Waals surface area contributed by atoms with Crippen molar-refractivity contribution < 1.29 is 14.6 Å². The van der Waals surface area contributed by atoms with E-state index >= 15 is 0 Å². The van der Waals surface area contributed by atoms with E-state index < -0.39 is 0 Å². The second-order valence-corrected chi connectivity index (χ2v) is 5.75. The minimum absolute atomic E-state index is 0.0783. The molecule has 25 heavy (non-hydrogen) atoms. The van der Waals surface area contributed by atoms with Crippen LogP contribution in [-0.4, -0.2) is 34.4 Å². The monoisotopic (exact) mass is 336 g/mol. The fourth-order valence-corrected chi connectivity index (χ4v) is 2.65. The molecule has 0 fully saturated rings. The molecule has 128 valence electrons. The van der Waals surface area contributed by atoms with E-state index in [1.807, 2.05) is 48.5 Å².